The zero-order valence-corrected chi connectivity index (χ0v) is 16.9. The minimum absolute atomic E-state index is 1.19. The molecule has 0 spiro atoms. The van der Waals surface area contributed by atoms with Gasteiger partial charge in [0.1, 0.15) is 0 Å². The normalized spacial score (nSPS) is 11.1. The van der Waals surface area contributed by atoms with Crippen LogP contribution in [0.4, 0.5) is 0 Å². The molecule has 4 aromatic carbocycles. The molecule has 0 radical (unpaired) electrons. The van der Waals surface area contributed by atoms with Crippen molar-refractivity contribution in [3.63, 3.8) is 0 Å². The van der Waals surface area contributed by atoms with Crippen LogP contribution in [-0.2, 0) is 6.42 Å². The van der Waals surface area contributed by atoms with E-state index in [0.29, 0.717) is 0 Å². The number of aryl methyl sites for hydroxylation is 2. The average Bonchev–Trinajstić information content (AvgIpc) is 2.74. The number of rotatable bonds is 6. The first-order chi connectivity index (χ1) is 13.7. The van der Waals surface area contributed by atoms with Crippen LogP contribution in [0, 0.1) is 6.92 Å². The lowest BCUT2D eigenvalue weighted by Crippen LogP contribution is -1.86. The molecule has 0 heterocycles. The van der Waals surface area contributed by atoms with Crippen LogP contribution in [0.1, 0.15) is 37.3 Å². The van der Waals surface area contributed by atoms with E-state index in [-0.39, 0.29) is 0 Å². The summed E-state index contributed by atoms with van der Waals surface area (Å²) in [6.45, 7) is 4.38. The van der Waals surface area contributed by atoms with Gasteiger partial charge in [-0.3, -0.25) is 0 Å². The molecule has 0 saturated carbocycles. The lowest BCUT2D eigenvalue weighted by atomic mass is 9.97. The van der Waals surface area contributed by atoms with E-state index in [2.05, 4.69) is 98.8 Å². The first-order valence-electron chi connectivity index (χ1n) is 10.4. The van der Waals surface area contributed by atoms with E-state index < -0.39 is 0 Å². The van der Waals surface area contributed by atoms with Gasteiger partial charge in [-0.2, -0.15) is 0 Å². The van der Waals surface area contributed by atoms with Crippen molar-refractivity contribution >= 4 is 10.8 Å². The van der Waals surface area contributed by atoms with E-state index in [9.17, 15) is 0 Å². The standard InChI is InChI=1S/C28H28/c1-3-4-5-6-22-9-12-28-20-27(18-17-26(28)19-22)25-15-13-24(14-16-25)23-10-7-21(2)8-11-23/h7-20H,3-6H2,1-2H3. The molecule has 28 heavy (non-hydrogen) atoms. The van der Waals surface area contributed by atoms with Crippen LogP contribution in [0.3, 0.4) is 0 Å². The van der Waals surface area contributed by atoms with Crippen LogP contribution in [-0.4, -0.2) is 0 Å². The van der Waals surface area contributed by atoms with Crippen molar-refractivity contribution in [1.82, 2.24) is 0 Å². The van der Waals surface area contributed by atoms with Crippen molar-refractivity contribution in [2.45, 2.75) is 39.5 Å². The predicted molar refractivity (Wildman–Crippen MR) is 123 cm³/mol. The van der Waals surface area contributed by atoms with Crippen LogP contribution >= 0.6 is 0 Å². The Morgan fingerprint density at radius 2 is 1.07 bits per heavy atom. The van der Waals surface area contributed by atoms with Crippen molar-refractivity contribution in [1.29, 1.82) is 0 Å². The molecule has 0 atom stereocenters. The summed E-state index contributed by atoms with van der Waals surface area (Å²) in [4.78, 5) is 0. The number of fused-ring (bicyclic) bond motifs is 1. The average molecular weight is 365 g/mol. The van der Waals surface area contributed by atoms with Crippen molar-refractivity contribution in [3.05, 3.63) is 96.1 Å². The van der Waals surface area contributed by atoms with Crippen LogP contribution in [0.15, 0.2) is 84.9 Å². The van der Waals surface area contributed by atoms with Crippen molar-refractivity contribution in [2.75, 3.05) is 0 Å². The van der Waals surface area contributed by atoms with Crippen LogP contribution in [0.2, 0.25) is 0 Å². The summed E-state index contributed by atoms with van der Waals surface area (Å²) in [5.74, 6) is 0. The Hall–Kier alpha value is -2.86. The zero-order chi connectivity index (χ0) is 19.3. The lowest BCUT2D eigenvalue weighted by molar-refractivity contribution is 0.718. The molecule has 0 bridgehead atoms. The molecule has 4 aromatic rings. The van der Waals surface area contributed by atoms with E-state index in [4.69, 9.17) is 0 Å². The first kappa shape index (κ1) is 18.5. The van der Waals surface area contributed by atoms with Crippen molar-refractivity contribution in [3.8, 4) is 22.3 Å². The predicted octanol–water partition coefficient (Wildman–Crippen LogP) is 8.21. The Labute approximate surface area is 168 Å². The lowest BCUT2D eigenvalue weighted by Gasteiger charge is -2.08. The smallest absolute Gasteiger partial charge is 0.0178 e. The second kappa shape index (κ2) is 8.44. The molecular formula is C28H28. The fraction of sp³-hybridized carbons (Fsp3) is 0.214. The molecule has 0 aromatic heterocycles. The maximum Gasteiger partial charge on any atom is -0.0178 e. The summed E-state index contributed by atoms with van der Waals surface area (Å²) < 4.78 is 0. The molecule has 0 unspecified atom stereocenters. The van der Waals surface area contributed by atoms with E-state index >= 15 is 0 Å². The third-order valence-electron chi connectivity index (χ3n) is 5.58. The molecule has 0 heteroatoms. The van der Waals surface area contributed by atoms with Gasteiger partial charge in [-0.25, -0.2) is 0 Å². The van der Waals surface area contributed by atoms with Gasteiger partial charge in [0.25, 0.3) is 0 Å². The summed E-state index contributed by atoms with van der Waals surface area (Å²) in [6, 6.07) is 31.4. The summed E-state index contributed by atoms with van der Waals surface area (Å²) in [7, 11) is 0. The Morgan fingerprint density at radius 3 is 1.75 bits per heavy atom. The zero-order valence-electron chi connectivity index (χ0n) is 16.9. The van der Waals surface area contributed by atoms with E-state index in [1.165, 1.54) is 69.8 Å². The van der Waals surface area contributed by atoms with Gasteiger partial charge in [0.05, 0.1) is 0 Å². The number of hydrogen-bond donors (Lipinski definition) is 0. The first-order valence-corrected chi connectivity index (χ1v) is 10.4. The van der Waals surface area contributed by atoms with Gasteiger partial charge in [-0.05, 0) is 64.4 Å². The van der Waals surface area contributed by atoms with E-state index in [0.717, 1.165) is 0 Å². The topological polar surface area (TPSA) is 0 Å². The summed E-state index contributed by atoms with van der Waals surface area (Å²) in [5.41, 5.74) is 7.83. The molecule has 0 saturated heterocycles. The van der Waals surface area contributed by atoms with E-state index in [1.54, 1.807) is 0 Å². The molecule has 140 valence electrons. The molecule has 0 amide bonds. The molecule has 0 aliphatic heterocycles. The highest BCUT2D eigenvalue weighted by Crippen LogP contribution is 2.28. The van der Waals surface area contributed by atoms with Gasteiger partial charge in [0.2, 0.25) is 0 Å². The minimum Gasteiger partial charge on any atom is -0.0654 e. The van der Waals surface area contributed by atoms with Gasteiger partial charge in [-0.1, -0.05) is 104 Å². The van der Waals surface area contributed by atoms with Gasteiger partial charge in [0, 0.05) is 0 Å². The SMILES string of the molecule is CCCCCc1ccc2cc(-c3ccc(-c4ccc(C)cc4)cc3)ccc2c1. The molecule has 0 aliphatic carbocycles. The fourth-order valence-electron chi connectivity index (χ4n) is 3.81. The van der Waals surface area contributed by atoms with Crippen LogP contribution in [0.5, 0.6) is 0 Å². The second-order valence-corrected chi connectivity index (χ2v) is 7.80. The third-order valence-corrected chi connectivity index (χ3v) is 5.58. The largest absolute Gasteiger partial charge is 0.0654 e. The quantitative estimate of drug-likeness (QED) is 0.302. The number of benzene rings is 4. The third kappa shape index (κ3) is 4.17. The molecule has 0 nitrogen and oxygen atoms in total. The number of unbranched alkanes of at least 4 members (excludes halogenated alkanes) is 2. The highest BCUT2D eigenvalue weighted by Gasteiger charge is 2.03. The van der Waals surface area contributed by atoms with Crippen LogP contribution < -0.4 is 0 Å². The molecule has 0 N–H and O–H groups in total. The molecule has 0 fully saturated rings. The van der Waals surface area contributed by atoms with Gasteiger partial charge < -0.3 is 0 Å². The molecule has 4 rings (SSSR count). The minimum atomic E-state index is 1.19. The van der Waals surface area contributed by atoms with E-state index in [1.807, 2.05) is 0 Å². The molecular weight excluding hydrogens is 336 g/mol. The Morgan fingerprint density at radius 1 is 0.536 bits per heavy atom. The fourth-order valence-corrected chi connectivity index (χ4v) is 3.81. The van der Waals surface area contributed by atoms with Gasteiger partial charge in [-0.15, -0.1) is 0 Å². The monoisotopic (exact) mass is 364 g/mol. The maximum absolute atomic E-state index is 2.36. The van der Waals surface area contributed by atoms with Gasteiger partial charge >= 0.3 is 0 Å². The highest BCUT2D eigenvalue weighted by atomic mass is 14.1. The Bertz CT molecular complexity index is 1050. The highest BCUT2D eigenvalue weighted by molar-refractivity contribution is 5.88. The van der Waals surface area contributed by atoms with Crippen molar-refractivity contribution < 1.29 is 0 Å². The van der Waals surface area contributed by atoms with Crippen molar-refractivity contribution in [2.24, 2.45) is 0 Å². The summed E-state index contributed by atoms with van der Waals surface area (Å²) in [5, 5.41) is 2.66. The Balaban J connectivity index is 1.56. The summed E-state index contributed by atoms with van der Waals surface area (Å²) in [6.07, 6.45) is 5.06. The molecule has 0 aliphatic rings. The Kier molecular flexibility index (Phi) is 5.58. The number of hydrogen-bond acceptors (Lipinski definition) is 0. The summed E-state index contributed by atoms with van der Waals surface area (Å²) >= 11 is 0. The van der Waals surface area contributed by atoms with Gasteiger partial charge in [0.15, 0.2) is 0 Å². The second-order valence-electron chi connectivity index (χ2n) is 7.80. The van der Waals surface area contributed by atoms with Crippen LogP contribution in [0.25, 0.3) is 33.0 Å². The maximum atomic E-state index is 2.36.